The van der Waals surface area contributed by atoms with Crippen LogP contribution in [-0.2, 0) is 16.1 Å². The number of rotatable bonds is 4. The van der Waals surface area contributed by atoms with Crippen LogP contribution in [-0.4, -0.2) is 33.8 Å². The van der Waals surface area contributed by atoms with Crippen LogP contribution in [0.4, 0.5) is 0 Å². The molecule has 96 valence electrons. The third-order valence-corrected chi connectivity index (χ3v) is 3.66. The maximum absolute atomic E-state index is 11.6. The van der Waals surface area contributed by atoms with Crippen LogP contribution in [0, 0.1) is 0 Å². The van der Waals surface area contributed by atoms with E-state index >= 15 is 0 Å². The summed E-state index contributed by atoms with van der Waals surface area (Å²) in [7, 11) is 0. The van der Waals surface area contributed by atoms with Crippen LogP contribution in [0.3, 0.4) is 0 Å². The molecule has 1 saturated heterocycles. The van der Waals surface area contributed by atoms with Gasteiger partial charge < -0.3 is 5.11 Å². The van der Waals surface area contributed by atoms with Crippen molar-refractivity contribution in [3.05, 3.63) is 35.9 Å². The summed E-state index contributed by atoms with van der Waals surface area (Å²) in [5.74, 6) is -0.887. The maximum atomic E-state index is 11.6. The Balaban J connectivity index is 2.25. The lowest BCUT2D eigenvalue weighted by Gasteiger charge is -2.32. The van der Waals surface area contributed by atoms with Gasteiger partial charge in [-0.1, -0.05) is 37.3 Å². The first kappa shape index (κ1) is 12.8. The molecule has 0 amide bonds. The number of carbonyl (C=O) groups excluding carboxylic acids is 1. The highest BCUT2D eigenvalue weighted by Crippen LogP contribution is 2.32. The number of benzene rings is 1. The molecule has 2 rings (SSSR count). The smallest absolute Gasteiger partial charge is 0.324 e. The van der Waals surface area contributed by atoms with Crippen LogP contribution in [0.25, 0.3) is 0 Å². The second-order valence-corrected chi connectivity index (χ2v) is 4.75. The van der Waals surface area contributed by atoms with Gasteiger partial charge in [-0.25, -0.2) is 0 Å². The van der Waals surface area contributed by atoms with Gasteiger partial charge in [0.1, 0.15) is 11.3 Å². The zero-order valence-corrected chi connectivity index (χ0v) is 10.4. The van der Waals surface area contributed by atoms with E-state index in [0.717, 1.165) is 5.56 Å². The van der Waals surface area contributed by atoms with E-state index in [9.17, 15) is 14.7 Å². The summed E-state index contributed by atoms with van der Waals surface area (Å²) in [5.41, 5.74) is 0.0127. The Labute approximate surface area is 106 Å². The van der Waals surface area contributed by atoms with Crippen molar-refractivity contribution < 1.29 is 14.7 Å². The Bertz CT molecular complexity index is 457. The molecule has 0 radical (unpaired) electrons. The molecular formula is C14H17NO3. The lowest BCUT2D eigenvalue weighted by atomic mass is 9.92. The molecule has 0 unspecified atom stereocenters. The van der Waals surface area contributed by atoms with E-state index in [0.29, 0.717) is 13.0 Å². The maximum Gasteiger partial charge on any atom is 0.324 e. The molecule has 1 aliphatic rings. The minimum atomic E-state index is -1.02. The monoisotopic (exact) mass is 247 g/mol. The first-order chi connectivity index (χ1) is 8.58. The average Bonchev–Trinajstić information content (AvgIpc) is 2.68. The Morgan fingerprint density at radius 1 is 1.39 bits per heavy atom. The van der Waals surface area contributed by atoms with Crippen LogP contribution in [0.15, 0.2) is 30.3 Å². The van der Waals surface area contributed by atoms with E-state index < -0.39 is 11.5 Å². The van der Waals surface area contributed by atoms with Gasteiger partial charge >= 0.3 is 5.97 Å². The summed E-state index contributed by atoms with van der Waals surface area (Å²) in [5, 5.41) is 9.44. The first-order valence-electron chi connectivity index (χ1n) is 6.12. The summed E-state index contributed by atoms with van der Waals surface area (Å²) < 4.78 is 0. The number of hydrogen-bond acceptors (Lipinski definition) is 3. The molecule has 1 atom stereocenters. The second kappa shape index (κ2) is 4.90. The zero-order chi connectivity index (χ0) is 13.2. The number of likely N-dealkylation sites (tertiary alicyclic amines) is 1. The first-order valence-corrected chi connectivity index (χ1v) is 6.12. The van der Waals surface area contributed by atoms with E-state index in [-0.39, 0.29) is 18.7 Å². The van der Waals surface area contributed by atoms with Gasteiger partial charge in [0.05, 0.1) is 6.54 Å². The van der Waals surface area contributed by atoms with Crippen molar-refractivity contribution in [2.24, 2.45) is 0 Å². The molecule has 0 bridgehead atoms. The molecule has 1 N–H and O–H groups in total. The molecule has 4 heteroatoms. The lowest BCUT2D eigenvalue weighted by molar-refractivity contribution is -0.150. The molecule has 1 aromatic rings. The number of aliphatic carboxylic acids is 1. The van der Waals surface area contributed by atoms with Gasteiger partial charge in [-0.3, -0.25) is 14.5 Å². The molecule has 1 fully saturated rings. The fraction of sp³-hybridized carbons (Fsp3) is 0.429. The minimum absolute atomic E-state index is 0.00943. The number of carboxylic acids is 1. The van der Waals surface area contributed by atoms with Crippen molar-refractivity contribution in [3.63, 3.8) is 0 Å². The molecule has 0 aliphatic carbocycles. The van der Waals surface area contributed by atoms with Crippen LogP contribution in [0.2, 0.25) is 0 Å². The Kier molecular flexibility index (Phi) is 3.48. The summed E-state index contributed by atoms with van der Waals surface area (Å²) in [4.78, 5) is 24.9. The van der Waals surface area contributed by atoms with Gasteiger partial charge in [0.25, 0.3) is 0 Å². The van der Waals surface area contributed by atoms with Crippen LogP contribution in [0.1, 0.15) is 25.3 Å². The fourth-order valence-corrected chi connectivity index (χ4v) is 2.58. The molecule has 1 aromatic carbocycles. The number of carboxylic acid groups (broad SMARTS) is 1. The van der Waals surface area contributed by atoms with E-state index in [2.05, 4.69) is 0 Å². The molecule has 0 aromatic heterocycles. The van der Waals surface area contributed by atoms with Crippen LogP contribution >= 0.6 is 0 Å². The van der Waals surface area contributed by atoms with Crippen molar-refractivity contribution >= 4 is 11.8 Å². The third kappa shape index (κ3) is 2.16. The van der Waals surface area contributed by atoms with Crippen LogP contribution < -0.4 is 0 Å². The number of hydrogen-bond donors (Lipinski definition) is 1. The molecule has 1 heterocycles. The lowest BCUT2D eigenvalue weighted by Crippen LogP contribution is -2.49. The highest BCUT2D eigenvalue weighted by Gasteiger charge is 2.49. The quantitative estimate of drug-likeness (QED) is 0.879. The third-order valence-electron chi connectivity index (χ3n) is 3.66. The molecule has 4 nitrogen and oxygen atoms in total. The second-order valence-electron chi connectivity index (χ2n) is 4.75. The Hall–Kier alpha value is -1.68. The van der Waals surface area contributed by atoms with Gasteiger partial charge in [0, 0.05) is 13.0 Å². The highest BCUT2D eigenvalue weighted by molar-refractivity contribution is 5.93. The number of ketones is 1. The molecule has 1 aliphatic heterocycles. The topological polar surface area (TPSA) is 57.6 Å². The minimum Gasteiger partial charge on any atom is -0.480 e. The van der Waals surface area contributed by atoms with Crippen molar-refractivity contribution in [2.75, 3.05) is 6.54 Å². The van der Waals surface area contributed by atoms with Gasteiger partial charge in [-0.05, 0) is 12.0 Å². The molecular weight excluding hydrogens is 230 g/mol. The largest absolute Gasteiger partial charge is 0.480 e. The van der Waals surface area contributed by atoms with Crippen LogP contribution in [0.5, 0.6) is 0 Å². The fourth-order valence-electron chi connectivity index (χ4n) is 2.58. The number of nitrogens with zero attached hydrogens (tertiary/aromatic N) is 1. The standard InChI is InChI=1S/C14H17NO3/c1-2-14(13(17)18)8-12(16)10-15(14)9-11-6-4-3-5-7-11/h3-7H,2,8-10H2,1H3,(H,17,18)/t14-/m1/s1. The van der Waals surface area contributed by atoms with Gasteiger partial charge in [0.2, 0.25) is 0 Å². The predicted molar refractivity (Wildman–Crippen MR) is 67.1 cm³/mol. The molecule has 18 heavy (non-hydrogen) atoms. The predicted octanol–water partition coefficient (Wildman–Crippen LogP) is 1.69. The number of carbonyl (C=O) groups is 2. The highest BCUT2D eigenvalue weighted by atomic mass is 16.4. The Morgan fingerprint density at radius 2 is 2.06 bits per heavy atom. The number of Topliss-reactive ketones (excluding diaryl/α,β-unsaturated/α-hetero) is 1. The summed E-state index contributed by atoms with van der Waals surface area (Å²) >= 11 is 0. The van der Waals surface area contributed by atoms with Crippen molar-refractivity contribution in [1.29, 1.82) is 0 Å². The van der Waals surface area contributed by atoms with E-state index in [1.54, 1.807) is 4.90 Å². The Morgan fingerprint density at radius 3 is 2.61 bits per heavy atom. The van der Waals surface area contributed by atoms with E-state index in [1.165, 1.54) is 0 Å². The van der Waals surface area contributed by atoms with Gasteiger partial charge in [0.15, 0.2) is 0 Å². The van der Waals surface area contributed by atoms with Crippen molar-refractivity contribution in [1.82, 2.24) is 4.90 Å². The van der Waals surface area contributed by atoms with Crippen molar-refractivity contribution in [3.8, 4) is 0 Å². The summed E-state index contributed by atoms with van der Waals surface area (Å²) in [6, 6.07) is 9.66. The summed E-state index contributed by atoms with van der Waals surface area (Å²) in [6.07, 6.45) is 0.562. The van der Waals surface area contributed by atoms with Gasteiger partial charge in [-0.2, -0.15) is 0 Å². The SMILES string of the molecule is CC[C@]1(C(=O)O)CC(=O)CN1Cc1ccccc1. The van der Waals surface area contributed by atoms with E-state index in [1.807, 2.05) is 37.3 Å². The van der Waals surface area contributed by atoms with Gasteiger partial charge in [-0.15, -0.1) is 0 Å². The average molecular weight is 247 g/mol. The molecule has 0 spiro atoms. The normalized spacial score (nSPS) is 24.4. The zero-order valence-electron chi connectivity index (χ0n) is 10.4. The van der Waals surface area contributed by atoms with Crippen molar-refractivity contribution in [2.45, 2.75) is 31.8 Å². The summed E-state index contributed by atoms with van der Waals surface area (Å²) in [6.45, 7) is 2.56. The van der Waals surface area contributed by atoms with E-state index in [4.69, 9.17) is 0 Å². The molecule has 0 saturated carbocycles.